The van der Waals surface area contributed by atoms with E-state index in [4.69, 9.17) is 0 Å². The van der Waals surface area contributed by atoms with Gasteiger partial charge in [0.1, 0.15) is 0 Å². The zero-order chi connectivity index (χ0) is 10.6. The predicted molar refractivity (Wildman–Crippen MR) is 49.2 cm³/mol. The van der Waals surface area contributed by atoms with Crippen molar-refractivity contribution in [1.82, 2.24) is 10.2 Å². The van der Waals surface area contributed by atoms with Gasteiger partial charge in [0.25, 0.3) is 0 Å². The molecule has 0 unspecified atom stereocenters. The molecule has 84 valence electrons. The summed E-state index contributed by atoms with van der Waals surface area (Å²) in [5, 5.41) is 3.21. The summed E-state index contributed by atoms with van der Waals surface area (Å²) in [6.07, 6.45) is -4.45. The average Bonchev–Trinajstić information content (AvgIpc) is 2.06. The van der Waals surface area contributed by atoms with Crippen molar-refractivity contribution in [2.24, 2.45) is 0 Å². The van der Waals surface area contributed by atoms with Gasteiger partial charge in [-0.05, 0) is 19.9 Å². The maximum absolute atomic E-state index is 11.9. The fourth-order valence-electron chi connectivity index (χ4n) is 1.70. The number of hydrogen-bond donors (Lipinski definition) is 1. The molecule has 0 saturated carbocycles. The van der Waals surface area contributed by atoms with E-state index in [1.54, 1.807) is 0 Å². The molecule has 0 radical (unpaired) electrons. The topological polar surface area (TPSA) is 15.3 Å². The monoisotopic (exact) mass is 210 g/mol. The molecule has 1 atom stereocenters. The molecule has 1 aliphatic rings. The van der Waals surface area contributed by atoms with Crippen LogP contribution in [0.4, 0.5) is 13.2 Å². The summed E-state index contributed by atoms with van der Waals surface area (Å²) in [6, 6.07) is 0.358. The van der Waals surface area contributed by atoms with Gasteiger partial charge >= 0.3 is 6.18 Å². The highest BCUT2D eigenvalue weighted by molar-refractivity contribution is 4.75. The van der Waals surface area contributed by atoms with Crippen LogP contribution in [0.3, 0.4) is 0 Å². The third kappa shape index (κ3) is 4.28. The van der Waals surface area contributed by atoms with Gasteiger partial charge in [0, 0.05) is 32.1 Å². The molecule has 0 bridgehead atoms. The molecular formula is C9H17F3N2. The lowest BCUT2D eigenvalue weighted by Gasteiger charge is -2.33. The van der Waals surface area contributed by atoms with E-state index in [0.717, 1.165) is 19.6 Å². The molecular weight excluding hydrogens is 193 g/mol. The van der Waals surface area contributed by atoms with Crippen LogP contribution in [-0.4, -0.2) is 43.3 Å². The van der Waals surface area contributed by atoms with E-state index in [1.807, 2.05) is 6.92 Å². The third-order valence-corrected chi connectivity index (χ3v) is 2.54. The Balaban J connectivity index is 2.17. The molecule has 0 amide bonds. The minimum atomic E-state index is -4.00. The Bertz CT molecular complexity index is 170. The van der Waals surface area contributed by atoms with Crippen molar-refractivity contribution in [1.29, 1.82) is 0 Å². The molecule has 0 spiro atoms. The number of halogens is 3. The highest BCUT2D eigenvalue weighted by Crippen LogP contribution is 2.21. The first-order chi connectivity index (χ1) is 6.49. The Labute approximate surface area is 82.5 Å². The van der Waals surface area contributed by atoms with Crippen molar-refractivity contribution in [3.63, 3.8) is 0 Å². The minimum Gasteiger partial charge on any atom is -0.314 e. The Morgan fingerprint density at radius 1 is 1.43 bits per heavy atom. The van der Waals surface area contributed by atoms with Gasteiger partial charge in [0.15, 0.2) is 0 Å². The summed E-state index contributed by atoms with van der Waals surface area (Å²) in [4.78, 5) is 2.11. The van der Waals surface area contributed by atoms with Crippen LogP contribution in [0.2, 0.25) is 0 Å². The van der Waals surface area contributed by atoms with Crippen LogP contribution in [0.5, 0.6) is 0 Å². The van der Waals surface area contributed by atoms with Gasteiger partial charge in [-0.1, -0.05) is 0 Å². The Morgan fingerprint density at radius 2 is 2.14 bits per heavy atom. The molecule has 1 aliphatic heterocycles. The second-order valence-electron chi connectivity index (χ2n) is 3.81. The highest BCUT2D eigenvalue weighted by atomic mass is 19.4. The van der Waals surface area contributed by atoms with Gasteiger partial charge in [0.2, 0.25) is 0 Å². The van der Waals surface area contributed by atoms with Crippen LogP contribution in [0, 0.1) is 0 Å². The quantitative estimate of drug-likeness (QED) is 0.761. The van der Waals surface area contributed by atoms with Crippen LogP contribution < -0.4 is 5.32 Å². The predicted octanol–water partition coefficient (Wildman–Crippen LogP) is 1.62. The van der Waals surface area contributed by atoms with Crippen LogP contribution in [0.15, 0.2) is 0 Å². The van der Waals surface area contributed by atoms with E-state index in [2.05, 4.69) is 10.2 Å². The Hall–Kier alpha value is -0.290. The van der Waals surface area contributed by atoms with Crippen molar-refractivity contribution in [2.45, 2.75) is 32.0 Å². The van der Waals surface area contributed by atoms with Crippen molar-refractivity contribution in [3.05, 3.63) is 0 Å². The zero-order valence-corrected chi connectivity index (χ0v) is 8.40. The molecule has 1 fully saturated rings. The molecule has 0 aromatic carbocycles. The van der Waals surface area contributed by atoms with Gasteiger partial charge in [0.05, 0.1) is 0 Å². The molecule has 14 heavy (non-hydrogen) atoms. The summed E-state index contributed by atoms with van der Waals surface area (Å²) in [5.74, 6) is 0. The minimum absolute atomic E-state index is 0.216. The lowest BCUT2D eigenvalue weighted by molar-refractivity contribution is -0.136. The SMILES string of the molecule is C[C@H]1CNCCN1CCCC(F)(F)F. The molecule has 0 aromatic rings. The largest absolute Gasteiger partial charge is 0.389 e. The van der Waals surface area contributed by atoms with Crippen molar-refractivity contribution in [3.8, 4) is 0 Å². The standard InChI is InChI=1S/C9H17F3N2/c1-8-7-13-4-6-14(8)5-2-3-9(10,11)12/h8,13H,2-7H2,1H3/t8-/m0/s1. The van der Waals surface area contributed by atoms with E-state index in [1.165, 1.54) is 0 Å². The molecule has 0 aliphatic carbocycles. The van der Waals surface area contributed by atoms with E-state index in [9.17, 15) is 13.2 Å². The van der Waals surface area contributed by atoms with E-state index in [0.29, 0.717) is 12.6 Å². The lowest BCUT2D eigenvalue weighted by Crippen LogP contribution is -2.50. The third-order valence-electron chi connectivity index (χ3n) is 2.54. The van der Waals surface area contributed by atoms with Crippen LogP contribution in [-0.2, 0) is 0 Å². The summed E-state index contributed by atoms with van der Waals surface area (Å²) < 4.78 is 35.6. The fourth-order valence-corrected chi connectivity index (χ4v) is 1.70. The van der Waals surface area contributed by atoms with E-state index < -0.39 is 12.6 Å². The second-order valence-corrected chi connectivity index (χ2v) is 3.81. The number of nitrogens with zero attached hydrogens (tertiary/aromatic N) is 1. The number of rotatable bonds is 3. The van der Waals surface area contributed by atoms with Gasteiger partial charge < -0.3 is 5.32 Å². The smallest absolute Gasteiger partial charge is 0.314 e. The number of alkyl halides is 3. The first-order valence-electron chi connectivity index (χ1n) is 5.00. The Kier molecular flexibility index (Phi) is 4.19. The van der Waals surface area contributed by atoms with Gasteiger partial charge in [-0.3, -0.25) is 4.90 Å². The summed E-state index contributed by atoms with van der Waals surface area (Å²) >= 11 is 0. The second kappa shape index (κ2) is 4.98. The van der Waals surface area contributed by atoms with E-state index in [-0.39, 0.29) is 6.42 Å². The zero-order valence-electron chi connectivity index (χ0n) is 8.40. The molecule has 1 rings (SSSR count). The number of piperazine rings is 1. The van der Waals surface area contributed by atoms with Crippen molar-refractivity contribution < 1.29 is 13.2 Å². The van der Waals surface area contributed by atoms with Gasteiger partial charge in [-0.15, -0.1) is 0 Å². The maximum atomic E-state index is 11.9. The van der Waals surface area contributed by atoms with Crippen LogP contribution in [0.25, 0.3) is 0 Å². The lowest BCUT2D eigenvalue weighted by atomic mass is 10.2. The first-order valence-corrected chi connectivity index (χ1v) is 5.00. The fraction of sp³-hybridized carbons (Fsp3) is 1.00. The summed E-state index contributed by atoms with van der Waals surface area (Å²) in [7, 11) is 0. The van der Waals surface area contributed by atoms with Gasteiger partial charge in [-0.2, -0.15) is 13.2 Å². The average molecular weight is 210 g/mol. The molecule has 1 N–H and O–H groups in total. The normalized spacial score (nSPS) is 25.3. The van der Waals surface area contributed by atoms with E-state index >= 15 is 0 Å². The molecule has 0 aromatic heterocycles. The van der Waals surface area contributed by atoms with Gasteiger partial charge in [-0.25, -0.2) is 0 Å². The van der Waals surface area contributed by atoms with Crippen LogP contribution >= 0.6 is 0 Å². The number of nitrogens with one attached hydrogen (secondary N) is 1. The first kappa shape index (κ1) is 11.8. The van der Waals surface area contributed by atoms with Crippen molar-refractivity contribution in [2.75, 3.05) is 26.2 Å². The highest BCUT2D eigenvalue weighted by Gasteiger charge is 2.27. The molecule has 1 heterocycles. The molecule has 1 saturated heterocycles. The molecule has 2 nitrogen and oxygen atoms in total. The number of hydrogen-bond acceptors (Lipinski definition) is 2. The summed E-state index contributed by atoms with van der Waals surface area (Å²) in [5.41, 5.74) is 0. The molecule has 5 heteroatoms. The maximum Gasteiger partial charge on any atom is 0.389 e. The Morgan fingerprint density at radius 3 is 2.71 bits per heavy atom. The van der Waals surface area contributed by atoms with Crippen molar-refractivity contribution >= 4 is 0 Å². The van der Waals surface area contributed by atoms with Crippen LogP contribution in [0.1, 0.15) is 19.8 Å². The summed E-state index contributed by atoms with van der Waals surface area (Å²) in [6.45, 7) is 5.23.